The van der Waals surface area contributed by atoms with Crippen LogP contribution in [0.25, 0.3) is 0 Å². The van der Waals surface area contributed by atoms with E-state index in [9.17, 15) is 13.2 Å². The SMILES string of the molecule is CCOc1ccc(S(=O)(=O)N[C@@H](C)C(=O)NCCCN2CCOCC2)cc1. The average Bonchev–Trinajstić information content (AvgIpc) is 2.66. The van der Waals surface area contributed by atoms with Crippen molar-refractivity contribution in [1.82, 2.24) is 14.9 Å². The summed E-state index contributed by atoms with van der Waals surface area (Å²) in [4.78, 5) is 14.5. The van der Waals surface area contributed by atoms with E-state index in [1.165, 1.54) is 19.1 Å². The standard InChI is InChI=1S/C18H29N3O5S/c1-3-26-16-5-7-17(8-6-16)27(23,24)20-15(2)18(22)19-9-4-10-21-11-13-25-14-12-21/h5-8,15,20H,3-4,9-14H2,1-2H3,(H,19,22)/t15-/m0/s1. The van der Waals surface area contributed by atoms with Crippen LogP contribution in [0.1, 0.15) is 20.3 Å². The zero-order valence-electron chi connectivity index (χ0n) is 15.9. The lowest BCUT2D eigenvalue weighted by Crippen LogP contribution is -2.45. The molecular formula is C18H29N3O5S. The van der Waals surface area contributed by atoms with Gasteiger partial charge in [-0.2, -0.15) is 4.72 Å². The van der Waals surface area contributed by atoms with Gasteiger partial charge in [-0.15, -0.1) is 0 Å². The van der Waals surface area contributed by atoms with Gasteiger partial charge in [-0.05, 0) is 51.1 Å². The quantitative estimate of drug-likeness (QED) is 0.559. The molecule has 1 saturated heterocycles. The Balaban J connectivity index is 1.76. The van der Waals surface area contributed by atoms with Gasteiger partial charge >= 0.3 is 0 Å². The van der Waals surface area contributed by atoms with Crippen molar-refractivity contribution in [3.63, 3.8) is 0 Å². The van der Waals surface area contributed by atoms with Gasteiger partial charge in [0.15, 0.2) is 0 Å². The maximum Gasteiger partial charge on any atom is 0.241 e. The Morgan fingerprint density at radius 1 is 1.26 bits per heavy atom. The average molecular weight is 400 g/mol. The summed E-state index contributed by atoms with van der Waals surface area (Å²) in [6, 6.07) is 5.24. The molecule has 2 N–H and O–H groups in total. The van der Waals surface area contributed by atoms with E-state index in [2.05, 4.69) is 14.9 Å². The third-order valence-corrected chi connectivity index (χ3v) is 5.78. The third-order valence-electron chi connectivity index (χ3n) is 4.22. The van der Waals surface area contributed by atoms with Crippen LogP contribution in [0.2, 0.25) is 0 Å². The molecule has 0 radical (unpaired) electrons. The highest BCUT2D eigenvalue weighted by atomic mass is 32.2. The number of hydrogen-bond acceptors (Lipinski definition) is 6. The number of nitrogens with one attached hydrogen (secondary N) is 2. The molecule has 1 fully saturated rings. The van der Waals surface area contributed by atoms with Crippen molar-refractivity contribution in [3.8, 4) is 5.75 Å². The molecule has 1 aromatic carbocycles. The highest BCUT2D eigenvalue weighted by molar-refractivity contribution is 7.89. The van der Waals surface area contributed by atoms with Gasteiger partial charge < -0.3 is 14.8 Å². The second-order valence-electron chi connectivity index (χ2n) is 6.35. The highest BCUT2D eigenvalue weighted by Crippen LogP contribution is 2.16. The molecule has 0 aromatic heterocycles. The van der Waals surface area contributed by atoms with Gasteiger partial charge in [-0.25, -0.2) is 8.42 Å². The Labute approximate surface area is 161 Å². The van der Waals surface area contributed by atoms with Gasteiger partial charge in [0.2, 0.25) is 15.9 Å². The van der Waals surface area contributed by atoms with Crippen LogP contribution in [0, 0.1) is 0 Å². The van der Waals surface area contributed by atoms with Crippen molar-refractivity contribution >= 4 is 15.9 Å². The smallest absolute Gasteiger partial charge is 0.241 e. The molecule has 1 aromatic rings. The molecule has 1 aliphatic rings. The van der Waals surface area contributed by atoms with Crippen LogP contribution in [0.4, 0.5) is 0 Å². The molecule has 1 amide bonds. The Bertz CT molecular complexity index is 687. The normalized spacial score (nSPS) is 16.7. The molecule has 1 atom stereocenters. The second kappa shape index (κ2) is 10.6. The van der Waals surface area contributed by atoms with Crippen molar-refractivity contribution in [2.45, 2.75) is 31.2 Å². The minimum Gasteiger partial charge on any atom is -0.494 e. The summed E-state index contributed by atoms with van der Waals surface area (Å²) in [5, 5.41) is 2.78. The first-order valence-electron chi connectivity index (χ1n) is 9.25. The summed E-state index contributed by atoms with van der Waals surface area (Å²) in [7, 11) is -3.77. The van der Waals surface area contributed by atoms with Crippen molar-refractivity contribution in [2.24, 2.45) is 0 Å². The van der Waals surface area contributed by atoms with Crippen molar-refractivity contribution in [2.75, 3.05) is 46.0 Å². The Kier molecular flexibility index (Phi) is 8.49. The van der Waals surface area contributed by atoms with Gasteiger partial charge in [0.05, 0.1) is 30.8 Å². The first-order valence-corrected chi connectivity index (χ1v) is 10.7. The number of sulfonamides is 1. The predicted molar refractivity (Wildman–Crippen MR) is 102 cm³/mol. The molecule has 8 nitrogen and oxygen atoms in total. The van der Waals surface area contributed by atoms with E-state index in [1.807, 2.05) is 6.92 Å². The van der Waals surface area contributed by atoms with Crippen LogP contribution < -0.4 is 14.8 Å². The zero-order chi connectivity index (χ0) is 19.7. The van der Waals surface area contributed by atoms with Gasteiger partial charge in [0.25, 0.3) is 0 Å². The Morgan fingerprint density at radius 2 is 1.93 bits per heavy atom. The summed E-state index contributed by atoms with van der Waals surface area (Å²) < 4.78 is 37.8. The van der Waals surface area contributed by atoms with E-state index in [0.29, 0.717) is 18.9 Å². The molecule has 1 heterocycles. The van der Waals surface area contributed by atoms with E-state index in [0.717, 1.165) is 39.3 Å². The summed E-state index contributed by atoms with van der Waals surface area (Å²) >= 11 is 0. The number of rotatable bonds is 10. The molecule has 0 bridgehead atoms. The third kappa shape index (κ3) is 7.10. The fourth-order valence-electron chi connectivity index (χ4n) is 2.73. The monoisotopic (exact) mass is 399 g/mol. The number of carbonyl (C=O) groups is 1. The molecular weight excluding hydrogens is 370 g/mol. The van der Waals surface area contributed by atoms with E-state index in [1.54, 1.807) is 12.1 Å². The maximum absolute atomic E-state index is 12.4. The van der Waals surface area contributed by atoms with Crippen molar-refractivity contribution in [3.05, 3.63) is 24.3 Å². The van der Waals surface area contributed by atoms with E-state index >= 15 is 0 Å². The van der Waals surface area contributed by atoms with Gasteiger partial charge in [-0.3, -0.25) is 9.69 Å². The number of amides is 1. The number of nitrogens with zero attached hydrogens (tertiary/aromatic N) is 1. The Hall–Kier alpha value is -1.68. The molecule has 27 heavy (non-hydrogen) atoms. The van der Waals surface area contributed by atoms with Crippen LogP contribution in [0.5, 0.6) is 5.75 Å². The first-order chi connectivity index (χ1) is 12.9. The Morgan fingerprint density at radius 3 is 2.56 bits per heavy atom. The highest BCUT2D eigenvalue weighted by Gasteiger charge is 2.22. The van der Waals surface area contributed by atoms with Gasteiger partial charge in [-0.1, -0.05) is 0 Å². The summed E-state index contributed by atoms with van der Waals surface area (Å²) in [5.41, 5.74) is 0. The lowest BCUT2D eigenvalue weighted by atomic mass is 10.3. The molecule has 152 valence electrons. The summed E-state index contributed by atoms with van der Waals surface area (Å²) in [5.74, 6) is 0.258. The number of carbonyl (C=O) groups excluding carboxylic acids is 1. The van der Waals surface area contributed by atoms with Crippen LogP contribution in [-0.4, -0.2) is 71.3 Å². The van der Waals surface area contributed by atoms with E-state index in [-0.39, 0.29) is 10.8 Å². The van der Waals surface area contributed by atoms with Gasteiger partial charge in [0.1, 0.15) is 5.75 Å². The van der Waals surface area contributed by atoms with Crippen LogP contribution in [0.3, 0.4) is 0 Å². The molecule has 9 heteroatoms. The second-order valence-corrected chi connectivity index (χ2v) is 8.06. The molecule has 2 rings (SSSR count). The lowest BCUT2D eigenvalue weighted by molar-refractivity contribution is -0.122. The molecule has 0 unspecified atom stereocenters. The fourth-order valence-corrected chi connectivity index (χ4v) is 3.93. The molecule has 0 spiro atoms. The predicted octanol–water partition coefficient (Wildman–Crippen LogP) is 0.591. The number of benzene rings is 1. The van der Waals surface area contributed by atoms with Crippen LogP contribution >= 0.6 is 0 Å². The topological polar surface area (TPSA) is 97.0 Å². The maximum atomic E-state index is 12.4. The summed E-state index contributed by atoms with van der Waals surface area (Å²) in [6.45, 7) is 8.59. The van der Waals surface area contributed by atoms with Gasteiger partial charge in [0, 0.05) is 19.6 Å². The number of ether oxygens (including phenoxy) is 2. The van der Waals surface area contributed by atoms with E-state index < -0.39 is 16.1 Å². The zero-order valence-corrected chi connectivity index (χ0v) is 16.8. The lowest BCUT2D eigenvalue weighted by Gasteiger charge is -2.26. The first kappa shape index (κ1) is 21.6. The van der Waals surface area contributed by atoms with Crippen molar-refractivity contribution in [1.29, 1.82) is 0 Å². The minimum atomic E-state index is -3.77. The number of morpholine rings is 1. The molecule has 0 aliphatic carbocycles. The minimum absolute atomic E-state index is 0.0953. The van der Waals surface area contributed by atoms with Crippen LogP contribution in [-0.2, 0) is 19.6 Å². The summed E-state index contributed by atoms with van der Waals surface area (Å²) in [6.07, 6.45) is 0.810. The number of hydrogen-bond donors (Lipinski definition) is 2. The van der Waals surface area contributed by atoms with Crippen LogP contribution in [0.15, 0.2) is 29.2 Å². The van der Waals surface area contributed by atoms with Crippen molar-refractivity contribution < 1.29 is 22.7 Å². The van der Waals surface area contributed by atoms with E-state index in [4.69, 9.17) is 9.47 Å². The molecule has 0 saturated carbocycles. The largest absolute Gasteiger partial charge is 0.494 e. The fraction of sp³-hybridized carbons (Fsp3) is 0.611. The molecule has 1 aliphatic heterocycles.